The van der Waals surface area contributed by atoms with Crippen molar-refractivity contribution in [2.75, 3.05) is 23.0 Å². The van der Waals surface area contributed by atoms with E-state index in [4.69, 9.17) is 0 Å². The van der Waals surface area contributed by atoms with E-state index in [2.05, 4.69) is 32.1 Å². The first-order chi connectivity index (χ1) is 17.1. The smallest absolute Gasteiger partial charge is 0.419 e. The molecular formula is C24H20F5N5OS. The van der Waals surface area contributed by atoms with Crippen LogP contribution in [0.15, 0.2) is 42.6 Å². The number of halogens is 5. The summed E-state index contributed by atoms with van der Waals surface area (Å²) in [7, 11) is 1.52. The van der Waals surface area contributed by atoms with Crippen molar-refractivity contribution in [1.29, 1.82) is 0 Å². The van der Waals surface area contributed by atoms with Crippen molar-refractivity contribution < 1.29 is 27.1 Å². The zero-order valence-electron chi connectivity index (χ0n) is 18.9. The molecule has 0 unspecified atom stereocenters. The normalized spacial score (nSPS) is 16.6. The average Bonchev–Trinajstić information content (AvgIpc) is 3.18. The van der Waals surface area contributed by atoms with Crippen molar-refractivity contribution >= 4 is 28.7 Å². The molecule has 1 N–H and O–H groups in total. The van der Waals surface area contributed by atoms with Crippen LogP contribution in [0.1, 0.15) is 11.1 Å². The number of hydrogen-bond donors (Lipinski definition) is 1. The molecule has 3 heterocycles. The number of hydrogen-bond acceptors (Lipinski definition) is 6. The molecule has 0 aliphatic carbocycles. The fourth-order valence-corrected chi connectivity index (χ4v) is 5.40. The van der Waals surface area contributed by atoms with Crippen LogP contribution in [0.5, 0.6) is 5.75 Å². The van der Waals surface area contributed by atoms with Crippen molar-refractivity contribution in [3.8, 4) is 17.0 Å². The fraction of sp³-hybridized carbons (Fsp3) is 0.292. The lowest BCUT2D eigenvalue weighted by Crippen LogP contribution is -2.44. The second kappa shape index (κ2) is 9.23. The van der Waals surface area contributed by atoms with E-state index in [0.29, 0.717) is 18.6 Å². The van der Waals surface area contributed by atoms with E-state index in [0.717, 1.165) is 17.9 Å². The first-order valence-electron chi connectivity index (χ1n) is 11.0. The van der Waals surface area contributed by atoms with Crippen LogP contribution < -0.4 is 4.90 Å². The molecule has 12 heteroatoms. The van der Waals surface area contributed by atoms with E-state index in [1.807, 2.05) is 30.0 Å². The molecule has 1 aliphatic heterocycles. The Morgan fingerprint density at radius 3 is 2.61 bits per heavy atom. The molecule has 1 fully saturated rings. The highest BCUT2D eigenvalue weighted by atomic mass is 32.2. The molecule has 1 saturated heterocycles. The van der Waals surface area contributed by atoms with Gasteiger partial charge in [0.15, 0.2) is 23.0 Å². The van der Waals surface area contributed by atoms with Crippen LogP contribution >= 0.6 is 11.8 Å². The molecule has 0 saturated carbocycles. The number of aromatic nitrogens is 4. The third kappa shape index (κ3) is 4.34. The predicted molar refractivity (Wildman–Crippen MR) is 127 cm³/mol. The van der Waals surface area contributed by atoms with Gasteiger partial charge in [-0.15, -0.1) is 0 Å². The quantitative estimate of drug-likeness (QED) is 0.373. The summed E-state index contributed by atoms with van der Waals surface area (Å²) < 4.78 is 69.9. The Labute approximate surface area is 206 Å². The molecule has 0 spiro atoms. The highest BCUT2D eigenvalue weighted by Crippen LogP contribution is 2.41. The summed E-state index contributed by atoms with van der Waals surface area (Å²) in [5, 5.41) is 14.0. The lowest BCUT2D eigenvalue weighted by Gasteiger charge is -2.35. The molecule has 2 aromatic carbocycles. The second-order valence-corrected chi connectivity index (χ2v) is 9.59. The molecule has 1 aliphatic rings. The Morgan fingerprint density at radius 1 is 1.14 bits per heavy atom. The van der Waals surface area contributed by atoms with Gasteiger partial charge in [-0.05, 0) is 18.1 Å². The van der Waals surface area contributed by atoms with Gasteiger partial charge >= 0.3 is 6.18 Å². The third-order valence-electron chi connectivity index (χ3n) is 6.10. The molecule has 188 valence electrons. The van der Waals surface area contributed by atoms with Crippen LogP contribution in [0, 0.1) is 11.6 Å². The maximum Gasteiger partial charge on any atom is 0.419 e. The largest absolute Gasteiger partial charge is 0.503 e. The number of benzene rings is 2. The number of anilines is 1. The van der Waals surface area contributed by atoms with Gasteiger partial charge in [0.1, 0.15) is 5.69 Å². The number of aryl methyl sites for hydroxylation is 1. The van der Waals surface area contributed by atoms with Crippen LogP contribution in [-0.2, 0) is 19.6 Å². The summed E-state index contributed by atoms with van der Waals surface area (Å²) in [5.41, 5.74) is -1.27. The SMILES string of the molecule is Cn1nc(-c2cc(C(F)(F)F)c(F)c(O)c2F)c2cnc(N3CCSC[C@H]3Cc3ccccc3)nc21. The zero-order valence-corrected chi connectivity index (χ0v) is 19.7. The van der Waals surface area contributed by atoms with Crippen LogP contribution in [0.4, 0.5) is 27.9 Å². The van der Waals surface area contributed by atoms with Crippen LogP contribution in [0.25, 0.3) is 22.3 Å². The van der Waals surface area contributed by atoms with Gasteiger partial charge in [-0.25, -0.2) is 18.4 Å². The summed E-state index contributed by atoms with van der Waals surface area (Å²) >= 11 is 1.83. The minimum absolute atomic E-state index is 0.122. The summed E-state index contributed by atoms with van der Waals surface area (Å²) in [6, 6.07) is 10.4. The topological polar surface area (TPSA) is 67.1 Å². The van der Waals surface area contributed by atoms with Crippen molar-refractivity contribution in [3.63, 3.8) is 0 Å². The van der Waals surface area contributed by atoms with Gasteiger partial charge < -0.3 is 10.0 Å². The molecule has 2 aromatic heterocycles. The Balaban J connectivity index is 1.56. The molecule has 4 aromatic rings. The number of thioether (sulfide) groups is 1. The van der Waals surface area contributed by atoms with E-state index >= 15 is 0 Å². The molecule has 0 amide bonds. The van der Waals surface area contributed by atoms with Crippen LogP contribution in [0.3, 0.4) is 0 Å². The van der Waals surface area contributed by atoms with Crippen molar-refractivity contribution in [1.82, 2.24) is 19.7 Å². The summed E-state index contributed by atoms with van der Waals surface area (Å²) in [4.78, 5) is 11.1. The lowest BCUT2D eigenvalue weighted by atomic mass is 10.0. The third-order valence-corrected chi connectivity index (χ3v) is 7.20. The van der Waals surface area contributed by atoms with E-state index < -0.39 is 34.7 Å². The van der Waals surface area contributed by atoms with Crippen LogP contribution in [0.2, 0.25) is 0 Å². The second-order valence-electron chi connectivity index (χ2n) is 8.44. The average molecular weight is 522 g/mol. The lowest BCUT2D eigenvalue weighted by molar-refractivity contribution is -0.140. The molecule has 36 heavy (non-hydrogen) atoms. The van der Waals surface area contributed by atoms with Crippen molar-refractivity contribution in [2.45, 2.75) is 18.6 Å². The monoisotopic (exact) mass is 521 g/mol. The molecule has 0 bridgehead atoms. The minimum Gasteiger partial charge on any atom is -0.503 e. The molecule has 5 rings (SSSR count). The Kier molecular flexibility index (Phi) is 6.23. The number of nitrogens with zero attached hydrogens (tertiary/aromatic N) is 5. The first-order valence-corrected chi connectivity index (χ1v) is 12.2. The molecule has 6 nitrogen and oxygen atoms in total. The Hall–Kier alpha value is -3.41. The van der Waals surface area contributed by atoms with E-state index in [1.165, 1.54) is 23.5 Å². The van der Waals surface area contributed by atoms with Gasteiger partial charge in [0, 0.05) is 42.9 Å². The zero-order chi connectivity index (χ0) is 25.6. The number of aromatic hydroxyl groups is 1. The fourth-order valence-electron chi connectivity index (χ4n) is 4.34. The minimum atomic E-state index is -5.14. The highest BCUT2D eigenvalue weighted by molar-refractivity contribution is 7.99. The van der Waals surface area contributed by atoms with E-state index in [9.17, 15) is 27.1 Å². The van der Waals surface area contributed by atoms with Crippen molar-refractivity contribution in [2.24, 2.45) is 7.05 Å². The van der Waals surface area contributed by atoms with E-state index in [1.54, 1.807) is 0 Å². The van der Waals surface area contributed by atoms with Crippen molar-refractivity contribution in [3.05, 3.63) is 65.4 Å². The Bertz CT molecular complexity index is 1430. The maximum absolute atomic E-state index is 14.7. The molecule has 0 radical (unpaired) electrons. The van der Waals surface area contributed by atoms with Gasteiger partial charge in [-0.3, -0.25) is 0 Å². The van der Waals surface area contributed by atoms with E-state index in [-0.39, 0.29) is 22.8 Å². The number of phenols is 1. The van der Waals surface area contributed by atoms with Gasteiger partial charge in [-0.2, -0.15) is 35.0 Å². The Morgan fingerprint density at radius 2 is 1.89 bits per heavy atom. The van der Waals surface area contributed by atoms with Gasteiger partial charge in [-0.1, -0.05) is 30.3 Å². The predicted octanol–water partition coefficient (Wildman–Crippen LogP) is 5.20. The molecular weight excluding hydrogens is 501 g/mol. The number of fused-ring (bicyclic) bond motifs is 1. The number of alkyl halides is 3. The summed E-state index contributed by atoms with van der Waals surface area (Å²) in [6.45, 7) is 0.702. The van der Waals surface area contributed by atoms with Gasteiger partial charge in [0.25, 0.3) is 0 Å². The van der Waals surface area contributed by atoms with Crippen LogP contribution in [-0.4, -0.2) is 48.9 Å². The molecule has 1 atom stereocenters. The standard InChI is InChI=1S/C24H20F5N5OS/c1-33-22-16(20(32-33)15-10-17(24(27,28)29)19(26)21(35)18(15)25)11-30-23(31-22)34-7-8-36-12-14(34)9-13-5-3-2-4-6-13/h2-6,10-11,14,35H,7-9,12H2,1H3/t14-/m1/s1. The maximum atomic E-state index is 14.7. The number of rotatable bonds is 4. The highest BCUT2D eigenvalue weighted by Gasteiger charge is 2.38. The number of phenolic OH excluding ortho intramolecular Hbond substituents is 1. The summed E-state index contributed by atoms with van der Waals surface area (Å²) in [6.07, 6.45) is -2.99. The van der Waals surface area contributed by atoms with Gasteiger partial charge in [0.2, 0.25) is 5.95 Å². The summed E-state index contributed by atoms with van der Waals surface area (Å²) in [5.74, 6) is -3.16. The van der Waals surface area contributed by atoms with Gasteiger partial charge in [0.05, 0.1) is 10.9 Å². The first kappa shape index (κ1) is 24.3.